The Balaban J connectivity index is 2.24. The van der Waals surface area contributed by atoms with Gasteiger partial charge in [-0.25, -0.2) is 17.9 Å². The summed E-state index contributed by atoms with van der Waals surface area (Å²) in [4.78, 5) is 10.8. The smallest absolute Gasteiger partial charge is 0.345 e. The minimum absolute atomic E-state index is 0.00390. The number of carbonyl (C=O) groups is 1. The summed E-state index contributed by atoms with van der Waals surface area (Å²) in [6, 6.07) is 1.05. The van der Waals surface area contributed by atoms with Crippen LogP contribution in [0.5, 0.6) is 0 Å². The lowest BCUT2D eigenvalue weighted by Gasteiger charge is -2.18. The fourth-order valence-electron chi connectivity index (χ4n) is 1.82. The number of nitrogens with one attached hydrogen (secondary N) is 1. The van der Waals surface area contributed by atoms with Crippen LogP contribution in [-0.2, 0) is 10.0 Å². The van der Waals surface area contributed by atoms with Crippen molar-refractivity contribution in [2.45, 2.75) is 30.2 Å². The van der Waals surface area contributed by atoms with E-state index in [1.807, 2.05) is 12.2 Å². The van der Waals surface area contributed by atoms with Crippen molar-refractivity contribution in [3.8, 4) is 0 Å². The van der Waals surface area contributed by atoms with Crippen LogP contribution in [0.25, 0.3) is 0 Å². The maximum Gasteiger partial charge on any atom is 0.345 e. The normalized spacial score (nSPS) is 19.5. The van der Waals surface area contributed by atoms with E-state index < -0.39 is 16.0 Å². The van der Waals surface area contributed by atoms with Crippen LogP contribution in [0.3, 0.4) is 0 Å². The van der Waals surface area contributed by atoms with Crippen LogP contribution in [0.4, 0.5) is 0 Å². The van der Waals surface area contributed by atoms with E-state index in [0.29, 0.717) is 10.2 Å². The molecule has 0 bridgehead atoms. The monoisotopic (exact) mass is 365 g/mol. The van der Waals surface area contributed by atoms with E-state index in [-0.39, 0.29) is 15.8 Å². The van der Waals surface area contributed by atoms with E-state index in [1.165, 1.54) is 6.07 Å². The summed E-state index contributed by atoms with van der Waals surface area (Å²) in [6.07, 6.45) is 6.23. The molecule has 19 heavy (non-hydrogen) atoms. The highest BCUT2D eigenvalue weighted by molar-refractivity contribution is 9.11. The highest BCUT2D eigenvalue weighted by atomic mass is 79.9. The first-order valence-electron chi connectivity index (χ1n) is 5.60. The summed E-state index contributed by atoms with van der Waals surface area (Å²) >= 11 is 4.00. The Bertz CT molecular complexity index is 621. The highest BCUT2D eigenvalue weighted by Gasteiger charge is 2.25. The molecule has 104 valence electrons. The number of aromatic carboxylic acids is 1. The minimum atomic E-state index is -3.69. The summed E-state index contributed by atoms with van der Waals surface area (Å²) < 4.78 is 27.3. The molecule has 0 saturated carbocycles. The third kappa shape index (κ3) is 3.44. The second-order valence-electron chi connectivity index (χ2n) is 4.16. The molecule has 0 radical (unpaired) electrons. The van der Waals surface area contributed by atoms with Gasteiger partial charge in [0.05, 0.1) is 3.79 Å². The number of hydrogen-bond donors (Lipinski definition) is 2. The molecule has 2 rings (SSSR count). The average Bonchev–Trinajstić information content (AvgIpc) is 2.73. The molecular formula is C11H12BrNO4S2. The summed E-state index contributed by atoms with van der Waals surface area (Å²) in [5.74, 6) is -1.13. The minimum Gasteiger partial charge on any atom is -0.477 e. The van der Waals surface area contributed by atoms with Gasteiger partial charge in [0.25, 0.3) is 0 Å². The number of rotatable bonds is 4. The van der Waals surface area contributed by atoms with Crippen molar-refractivity contribution >= 4 is 43.3 Å². The Morgan fingerprint density at radius 1 is 1.47 bits per heavy atom. The first kappa shape index (κ1) is 14.7. The Kier molecular flexibility index (Phi) is 4.44. The summed E-state index contributed by atoms with van der Waals surface area (Å²) in [7, 11) is -3.69. The quantitative estimate of drug-likeness (QED) is 0.803. The zero-order valence-corrected chi connectivity index (χ0v) is 13.0. The molecule has 8 heteroatoms. The summed E-state index contributed by atoms with van der Waals surface area (Å²) in [5, 5.41) is 8.87. The first-order chi connectivity index (χ1) is 8.90. The third-order valence-electron chi connectivity index (χ3n) is 2.75. The van der Waals surface area contributed by atoms with E-state index in [0.717, 1.165) is 24.2 Å². The fourth-order valence-corrected chi connectivity index (χ4v) is 5.51. The van der Waals surface area contributed by atoms with Crippen LogP contribution in [0, 0.1) is 0 Å². The molecule has 5 nitrogen and oxygen atoms in total. The molecule has 1 aromatic rings. The van der Waals surface area contributed by atoms with Crippen LogP contribution in [0.1, 0.15) is 28.9 Å². The number of allylic oxidation sites excluding steroid dienone is 1. The zero-order valence-electron chi connectivity index (χ0n) is 9.80. The van der Waals surface area contributed by atoms with Gasteiger partial charge >= 0.3 is 5.97 Å². The van der Waals surface area contributed by atoms with Gasteiger partial charge in [0, 0.05) is 6.04 Å². The van der Waals surface area contributed by atoms with E-state index in [2.05, 4.69) is 20.7 Å². The highest BCUT2D eigenvalue weighted by Crippen LogP contribution is 2.32. The van der Waals surface area contributed by atoms with Crippen molar-refractivity contribution in [2.24, 2.45) is 0 Å². The van der Waals surface area contributed by atoms with Gasteiger partial charge in [0.1, 0.15) is 9.77 Å². The number of sulfonamides is 1. The molecule has 0 spiro atoms. The molecule has 1 aromatic heterocycles. The van der Waals surface area contributed by atoms with Gasteiger partial charge in [-0.1, -0.05) is 12.2 Å². The molecule has 0 aliphatic heterocycles. The van der Waals surface area contributed by atoms with Gasteiger partial charge in [0.15, 0.2) is 0 Å². The van der Waals surface area contributed by atoms with E-state index in [1.54, 1.807) is 0 Å². The Morgan fingerprint density at radius 2 is 2.21 bits per heavy atom. The second-order valence-corrected chi connectivity index (χ2v) is 8.21. The molecule has 1 aliphatic rings. The standard InChI is InChI=1S/C11H12BrNO4S2/c12-10-9(6-8(18-10)11(14)15)19(16,17)13-7-4-2-1-3-5-7/h1-2,6-7,13H,3-5H2,(H,14,15). The first-order valence-corrected chi connectivity index (χ1v) is 8.69. The number of halogens is 1. The van der Waals surface area contributed by atoms with Crippen LogP contribution in [-0.4, -0.2) is 25.5 Å². The molecule has 1 atom stereocenters. The second kappa shape index (κ2) is 5.74. The number of hydrogen-bond acceptors (Lipinski definition) is 4. The average molecular weight is 366 g/mol. The molecular weight excluding hydrogens is 354 g/mol. The molecule has 1 aliphatic carbocycles. The lowest BCUT2D eigenvalue weighted by atomic mass is 10.0. The number of thiophene rings is 1. The van der Waals surface area contributed by atoms with Crippen LogP contribution in [0.15, 0.2) is 26.9 Å². The van der Waals surface area contributed by atoms with Crippen molar-refractivity contribution < 1.29 is 18.3 Å². The molecule has 0 amide bonds. The zero-order chi connectivity index (χ0) is 14.0. The van der Waals surface area contributed by atoms with Gasteiger partial charge in [-0.05, 0) is 41.3 Å². The Morgan fingerprint density at radius 3 is 2.74 bits per heavy atom. The Labute approximate surface area is 123 Å². The number of carboxylic acids is 1. The van der Waals surface area contributed by atoms with E-state index in [9.17, 15) is 13.2 Å². The molecule has 2 N–H and O–H groups in total. The SMILES string of the molecule is O=C(O)c1cc(S(=O)(=O)NC2CC=CCC2)c(Br)s1. The van der Waals surface area contributed by atoms with E-state index in [4.69, 9.17) is 5.11 Å². The molecule has 1 heterocycles. The summed E-state index contributed by atoms with van der Waals surface area (Å²) in [6.45, 7) is 0. The van der Waals surface area contributed by atoms with E-state index >= 15 is 0 Å². The van der Waals surface area contributed by atoms with Gasteiger partial charge in [0.2, 0.25) is 10.0 Å². The summed E-state index contributed by atoms with van der Waals surface area (Å²) in [5.41, 5.74) is 0. The van der Waals surface area contributed by atoms with Crippen molar-refractivity contribution in [1.29, 1.82) is 0 Å². The molecule has 1 unspecified atom stereocenters. The topological polar surface area (TPSA) is 83.5 Å². The predicted octanol–water partition coefficient (Wildman–Crippen LogP) is 2.60. The van der Waals surface area contributed by atoms with Crippen LogP contribution < -0.4 is 4.72 Å². The van der Waals surface area contributed by atoms with Crippen molar-refractivity contribution in [3.63, 3.8) is 0 Å². The number of carboxylic acid groups (broad SMARTS) is 1. The van der Waals surface area contributed by atoms with Gasteiger partial charge in [-0.3, -0.25) is 0 Å². The largest absolute Gasteiger partial charge is 0.477 e. The third-order valence-corrected chi connectivity index (χ3v) is 6.51. The van der Waals surface area contributed by atoms with Gasteiger partial charge in [-0.15, -0.1) is 11.3 Å². The maximum absolute atomic E-state index is 12.2. The van der Waals surface area contributed by atoms with Crippen molar-refractivity contribution in [2.75, 3.05) is 0 Å². The maximum atomic E-state index is 12.2. The fraction of sp³-hybridized carbons (Fsp3) is 0.364. The molecule has 0 saturated heterocycles. The Hall–Kier alpha value is -0.700. The van der Waals surface area contributed by atoms with Gasteiger partial charge in [-0.2, -0.15) is 0 Å². The lowest BCUT2D eigenvalue weighted by Crippen LogP contribution is -2.35. The van der Waals surface area contributed by atoms with Crippen molar-refractivity contribution in [1.82, 2.24) is 4.72 Å². The lowest BCUT2D eigenvalue weighted by molar-refractivity contribution is 0.0702. The van der Waals surface area contributed by atoms with Gasteiger partial charge < -0.3 is 5.11 Å². The predicted molar refractivity (Wildman–Crippen MR) is 76.1 cm³/mol. The van der Waals surface area contributed by atoms with Crippen LogP contribution >= 0.6 is 27.3 Å². The molecule has 0 aromatic carbocycles. The van der Waals surface area contributed by atoms with Crippen LogP contribution in [0.2, 0.25) is 0 Å². The van der Waals surface area contributed by atoms with Crippen molar-refractivity contribution in [3.05, 3.63) is 26.9 Å². The molecule has 0 fully saturated rings.